The summed E-state index contributed by atoms with van der Waals surface area (Å²) in [5.74, 6) is 0.444. The van der Waals surface area contributed by atoms with E-state index in [0.717, 1.165) is 11.8 Å². The van der Waals surface area contributed by atoms with Crippen LogP contribution in [0.15, 0.2) is 18.2 Å². The number of anilines is 1. The summed E-state index contributed by atoms with van der Waals surface area (Å²) in [6, 6.07) is 5.35. The molecule has 4 nitrogen and oxygen atoms in total. The van der Waals surface area contributed by atoms with Gasteiger partial charge in [-0.05, 0) is 6.07 Å². The van der Waals surface area contributed by atoms with Crippen LogP contribution in [-0.2, 0) is 16.0 Å². The maximum Gasteiger partial charge on any atom is 0.262 e. The Labute approximate surface area is 80.9 Å². The van der Waals surface area contributed by atoms with Crippen LogP contribution in [0.25, 0.3) is 0 Å². The molecule has 0 unspecified atom stereocenters. The van der Waals surface area contributed by atoms with Crippen molar-refractivity contribution in [2.24, 2.45) is 0 Å². The smallest absolute Gasteiger partial charge is 0.262 e. The van der Waals surface area contributed by atoms with Gasteiger partial charge >= 0.3 is 0 Å². The molecule has 1 heterocycles. The minimum Gasteiger partial charge on any atom is -0.481 e. The topological polar surface area (TPSA) is 55.4 Å². The molecule has 1 amide bonds. The van der Waals surface area contributed by atoms with Crippen molar-refractivity contribution >= 4 is 17.9 Å². The van der Waals surface area contributed by atoms with Gasteiger partial charge in [-0.2, -0.15) is 0 Å². The van der Waals surface area contributed by atoms with Crippen molar-refractivity contribution in [3.8, 4) is 5.75 Å². The molecule has 0 aliphatic carbocycles. The summed E-state index contributed by atoms with van der Waals surface area (Å²) in [6.45, 7) is 0.0167. The first-order valence-electron chi connectivity index (χ1n) is 4.29. The first-order valence-corrected chi connectivity index (χ1v) is 4.29. The van der Waals surface area contributed by atoms with Crippen molar-refractivity contribution in [1.29, 1.82) is 0 Å². The van der Waals surface area contributed by atoms with Crippen LogP contribution in [0.1, 0.15) is 5.56 Å². The third-order valence-electron chi connectivity index (χ3n) is 2.02. The molecule has 1 aliphatic heterocycles. The van der Waals surface area contributed by atoms with Crippen LogP contribution in [0.3, 0.4) is 0 Å². The molecule has 1 N–H and O–H groups in total. The minimum atomic E-state index is -0.166. The van der Waals surface area contributed by atoms with Gasteiger partial charge in [-0.3, -0.25) is 4.79 Å². The SMILES string of the molecule is O=CCc1cccc2c1OCC(=O)N2. The zero-order valence-corrected chi connectivity index (χ0v) is 7.45. The van der Waals surface area contributed by atoms with Gasteiger partial charge in [0.05, 0.1) is 5.69 Å². The normalized spacial score (nSPS) is 13.9. The zero-order chi connectivity index (χ0) is 9.97. The Kier molecular flexibility index (Phi) is 2.18. The fraction of sp³-hybridized carbons (Fsp3) is 0.200. The lowest BCUT2D eigenvalue weighted by Crippen LogP contribution is -2.26. The summed E-state index contributed by atoms with van der Waals surface area (Å²) in [5, 5.41) is 2.68. The van der Waals surface area contributed by atoms with Crippen LogP contribution in [0.4, 0.5) is 5.69 Å². The van der Waals surface area contributed by atoms with Gasteiger partial charge in [0, 0.05) is 12.0 Å². The van der Waals surface area contributed by atoms with Crippen LogP contribution >= 0.6 is 0 Å². The molecular formula is C10H9NO3. The lowest BCUT2D eigenvalue weighted by molar-refractivity contribution is -0.118. The Morgan fingerprint density at radius 1 is 1.50 bits per heavy atom. The average molecular weight is 191 g/mol. The summed E-state index contributed by atoms with van der Waals surface area (Å²) in [6.07, 6.45) is 1.12. The molecule has 1 aliphatic rings. The van der Waals surface area contributed by atoms with Crippen molar-refractivity contribution in [1.82, 2.24) is 0 Å². The largest absolute Gasteiger partial charge is 0.481 e. The van der Waals surface area contributed by atoms with Crippen LogP contribution < -0.4 is 10.1 Å². The predicted molar refractivity (Wildman–Crippen MR) is 50.3 cm³/mol. The molecule has 0 fully saturated rings. The molecule has 0 saturated carbocycles. The van der Waals surface area contributed by atoms with Gasteiger partial charge in [-0.15, -0.1) is 0 Å². The Bertz CT molecular complexity index is 373. The number of amides is 1. The van der Waals surface area contributed by atoms with Gasteiger partial charge in [0.2, 0.25) is 0 Å². The number of fused-ring (bicyclic) bond motifs is 1. The zero-order valence-electron chi connectivity index (χ0n) is 7.45. The van der Waals surface area contributed by atoms with Gasteiger partial charge in [0.15, 0.2) is 6.61 Å². The Morgan fingerprint density at radius 2 is 2.36 bits per heavy atom. The summed E-state index contributed by atoms with van der Waals surface area (Å²) in [5.41, 5.74) is 1.44. The fourth-order valence-corrected chi connectivity index (χ4v) is 1.43. The first-order chi connectivity index (χ1) is 6.81. The Balaban J connectivity index is 2.40. The summed E-state index contributed by atoms with van der Waals surface area (Å²) in [4.78, 5) is 21.4. The third kappa shape index (κ3) is 1.46. The molecule has 0 atom stereocenters. The van der Waals surface area contributed by atoms with E-state index < -0.39 is 0 Å². The van der Waals surface area contributed by atoms with E-state index in [1.165, 1.54) is 0 Å². The number of rotatable bonds is 2. The van der Waals surface area contributed by atoms with E-state index in [2.05, 4.69) is 5.32 Å². The van der Waals surface area contributed by atoms with Crippen molar-refractivity contribution in [3.05, 3.63) is 23.8 Å². The van der Waals surface area contributed by atoms with Crippen LogP contribution in [0.5, 0.6) is 5.75 Å². The van der Waals surface area contributed by atoms with E-state index in [0.29, 0.717) is 17.9 Å². The third-order valence-corrected chi connectivity index (χ3v) is 2.02. The molecule has 2 rings (SSSR count). The summed E-state index contributed by atoms with van der Waals surface area (Å²) < 4.78 is 5.25. The van der Waals surface area contributed by atoms with Gasteiger partial charge in [-0.25, -0.2) is 0 Å². The average Bonchev–Trinajstić information content (AvgIpc) is 2.18. The molecule has 72 valence electrons. The van der Waals surface area contributed by atoms with E-state index in [9.17, 15) is 9.59 Å². The quantitative estimate of drug-likeness (QED) is 0.702. The van der Waals surface area contributed by atoms with E-state index in [4.69, 9.17) is 4.74 Å². The Morgan fingerprint density at radius 3 is 3.14 bits per heavy atom. The number of carbonyl (C=O) groups is 2. The van der Waals surface area contributed by atoms with E-state index >= 15 is 0 Å². The van der Waals surface area contributed by atoms with Crippen LogP contribution in [0, 0.1) is 0 Å². The number of benzene rings is 1. The summed E-state index contributed by atoms with van der Waals surface area (Å²) >= 11 is 0. The molecular weight excluding hydrogens is 182 g/mol. The molecule has 4 heteroatoms. The van der Waals surface area contributed by atoms with E-state index in [-0.39, 0.29) is 12.5 Å². The second kappa shape index (κ2) is 3.49. The number of para-hydroxylation sites is 1. The number of nitrogens with one attached hydrogen (secondary N) is 1. The monoisotopic (exact) mass is 191 g/mol. The van der Waals surface area contributed by atoms with Crippen molar-refractivity contribution in [2.45, 2.75) is 6.42 Å². The lowest BCUT2D eigenvalue weighted by atomic mass is 10.1. The van der Waals surface area contributed by atoms with Crippen molar-refractivity contribution in [3.63, 3.8) is 0 Å². The van der Waals surface area contributed by atoms with E-state index in [1.807, 2.05) is 6.07 Å². The van der Waals surface area contributed by atoms with E-state index in [1.54, 1.807) is 12.1 Å². The van der Waals surface area contributed by atoms with Gasteiger partial charge in [0.1, 0.15) is 12.0 Å². The van der Waals surface area contributed by atoms with Gasteiger partial charge < -0.3 is 14.8 Å². The molecule has 1 aromatic carbocycles. The maximum atomic E-state index is 11.0. The standard InChI is InChI=1S/C10H9NO3/c12-5-4-7-2-1-3-8-10(7)14-6-9(13)11-8/h1-3,5H,4,6H2,(H,11,13). The molecule has 0 spiro atoms. The number of ether oxygens (including phenoxy) is 1. The van der Waals surface area contributed by atoms with Crippen molar-refractivity contribution in [2.75, 3.05) is 11.9 Å². The lowest BCUT2D eigenvalue weighted by Gasteiger charge is -2.19. The second-order valence-electron chi connectivity index (χ2n) is 3.00. The molecule has 0 aromatic heterocycles. The molecule has 1 aromatic rings. The maximum absolute atomic E-state index is 11.0. The highest BCUT2D eigenvalue weighted by Crippen LogP contribution is 2.31. The molecule has 0 bridgehead atoms. The predicted octanol–water partition coefficient (Wildman–Crippen LogP) is 0.759. The first kappa shape index (κ1) is 8.74. The highest BCUT2D eigenvalue weighted by Gasteiger charge is 2.17. The van der Waals surface area contributed by atoms with Crippen molar-refractivity contribution < 1.29 is 14.3 Å². The number of aldehydes is 1. The summed E-state index contributed by atoms with van der Waals surface area (Å²) in [7, 11) is 0. The highest BCUT2D eigenvalue weighted by atomic mass is 16.5. The molecule has 0 saturated heterocycles. The Hall–Kier alpha value is -1.84. The number of carbonyl (C=O) groups excluding carboxylic acids is 2. The molecule has 0 radical (unpaired) electrons. The second-order valence-corrected chi connectivity index (χ2v) is 3.00. The van der Waals surface area contributed by atoms with Crippen LogP contribution in [0.2, 0.25) is 0 Å². The van der Waals surface area contributed by atoms with Crippen LogP contribution in [-0.4, -0.2) is 18.8 Å². The highest BCUT2D eigenvalue weighted by molar-refractivity contribution is 5.95. The minimum absolute atomic E-state index is 0.0167. The molecule has 14 heavy (non-hydrogen) atoms. The number of hydrogen-bond acceptors (Lipinski definition) is 3. The fourth-order valence-electron chi connectivity index (χ4n) is 1.43. The van der Waals surface area contributed by atoms with Gasteiger partial charge in [0.25, 0.3) is 5.91 Å². The number of hydrogen-bond donors (Lipinski definition) is 1. The van der Waals surface area contributed by atoms with Gasteiger partial charge in [-0.1, -0.05) is 12.1 Å².